The van der Waals surface area contributed by atoms with Crippen molar-refractivity contribution in [3.05, 3.63) is 65.7 Å². The molecule has 2 unspecified atom stereocenters. The highest BCUT2D eigenvalue weighted by Gasteiger charge is 2.40. The SMILES string of the molecule is COc1ccc(C2=NOC(N3CCCC3)C2c2ccccc2)cc1. The molecule has 0 N–H and O–H groups in total. The lowest BCUT2D eigenvalue weighted by Gasteiger charge is -2.27. The third-order valence-electron chi connectivity index (χ3n) is 4.88. The van der Waals surface area contributed by atoms with Crippen molar-refractivity contribution in [1.29, 1.82) is 0 Å². The first kappa shape index (κ1) is 15.2. The molecule has 2 aliphatic heterocycles. The van der Waals surface area contributed by atoms with Gasteiger partial charge in [-0.25, -0.2) is 0 Å². The maximum Gasteiger partial charge on any atom is 0.193 e. The van der Waals surface area contributed by atoms with Gasteiger partial charge in [-0.05, 0) is 42.7 Å². The number of ether oxygens (including phenoxy) is 1. The highest BCUT2D eigenvalue weighted by Crippen LogP contribution is 2.35. The van der Waals surface area contributed by atoms with Crippen molar-refractivity contribution in [1.82, 2.24) is 4.90 Å². The van der Waals surface area contributed by atoms with Crippen LogP contribution in [-0.4, -0.2) is 37.0 Å². The second-order valence-electron chi connectivity index (χ2n) is 6.33. The summed E-state index contributed by atoms with van der Waals surface area (Å²) in [5, 5.41) is 4.48. The van der Waals surface area contributed by atoms with Crippen LogP contribution in [0.4, 0.5) is 0 Å². The minimum Gasteiger partial charge on any atom is -0.497 e. The van der Waals surface area contributed by atoms with Crippen LogP contribution in [0.1, 0.15) is 29.9 Å². The molecular formula is C20H22N2O2. The van der Waals surface area contributed by atoms with E-state index in [9.17, 15) is 0 Å². The predicted molar refractivity (Wildman–Crippen MR) is 94.4 cm³/mol. The fraction of sp³-hybridized carbons (Fsp3) is 0.350. The van der Waals surface area contributed by atoms with E-state index in [0.29, 0.717) is 0 Å². The largest absolute Gasteiger partial charge is 0.497 e. The maximum atomic E-state index is 5.91. The molecule has 124 valence electrons. The van der Waals surface area contributed by atoms with Gasteiger partial charge in [0.25, 0.3) is 0 Å². The van der Waals surface area contributed by atoms with E-state index in [1.165, 1.54) is 18.4 Å². The van der Waals surface area contributed by atoms with E-state index in [1.54, 1.807) is 7.11 Å². The van der Waals surface area contributed by atoms with Gasteiger partial charge in [-0.1, -0.05) is 35.5 Å². The van der Waals surface area contributed by atoms with Crippen molar-refractivity contribution in [3.63, 3.8) is 0 Å². The normalized spacial score (nSPS) is 23.8. The van der Waals surface area contributed by atoms with Crippen molar-refractivity contribution >= 4 is 5.71 Å². The molecule has 2 aromatic rings. The van der Waals surface area contributed by atoms with Crippen LogP contribution in [0.2, 0.25) is 0 Å². The molecule has 0 bridgehead atoms. The molecule has 0 amide bonds. The summed E-state index contributed by atoms with van der Waals surface area (Å²) >= 11 is 0. The highest BCUT2D eigenvalue weighted by atomic mass is 16.7. The highest BCUT2D eigenvalue weighted by molar-refractivity contribution is 6.06. The zero-order chi connectivity index (χ0) is 16.4. The van der Waals surface area contributed by atoms with Crippen LogP contribution in [0.3, 0.4) is 0 Å². The second kappa shape index (κ2) is 6.65. The van der Waals surface area contributed by atoms with Gasteiger partial charge in [0.05, 0.1) is 18.7 Å². The Bertz CT molecular complexity index is 706. The summed E-state index contributed by atoms with van der Waals surface area (Å²) in [6, 6.07) is 18.6. The molecule has 2 atom stereocenters. The fourth-order valence-electron chi connectivity index (χ4n) is 3.61. The van der Waals surface area contributed by atoms with Crippen molar-refractivity contribution < 1.29 is 9.57 Å². The summed E-state index contributed by atoms with van der Waals surface area (Å²) in [5.74, 6) is 0.989. The first-order valence-corrected chi connectivity index (χ1v) is 8.54. The van der Waals surface area contributed by atoms with Crippen LogP contribution in [0.15, 0.2) is 59.8 Å². The van der Waals surface area contributed by atoms with Crippen molar-refractivity contribution in [3.8, 4) is 5.75 Å². The monoisotopic (exact) mass is 322 g/mol. The third kappa shape index (κ3) is 2.78. The molecular weight excluding hydrogens is 300 g/mol. The molecule has 0 aromatic heterocycles. The summed E-state index contributed by atoms with van der Waals surface area (Å²) in [7, 11) is 1.68. The van der Waals surface area contributed by atoms with E-state index in [4.69, 9.17) is 9.57 Å². The molecule has 1 fully saturated rings. The number of methoxy groups -OCH3 is 1. The summed E-state index contributed by atoms with van der Waals surface area (Å²) in [5.41, 5.74) is 3.34. The van der Waals surface area contributed by atoms with Gasteiger partial charge in [-0.3, -0.25) is 4.90 Å². The number of rotatable bonds is 4. The van der Waals surface area contributed by atoms with E-state index in [-0.39, 0.29) is 12.1 Å². The van der Waals surface area contributed by atoms with Gasteiger partial charge in [-0.2, -0.15) is 0 Å². The Morgan fingerprint density at radius 2 is 1.71 bits per heavy atom. The van der Waals surface area contributed by atoms with Gasteiger partial charge < -0.3 is 9.57 Å². The minimum absolute atomic E-state index is 0.00741. The maximum absolute atomic E-state index is 5.91. The molecule has 0 radical (unpaired) electrons. The average molecular weight is 322 g/mol. The third-order valence-corrected chi connectivity index (χ3v) is 4.88. The summed E-state index contributed by atoms with van der Waals surface area (Å²) < 4.78 is 5.27. The van der Waals surface area contributed by atoms with E-state index in [1.807, 2.05) is 18.2 Å². The number of oxime groups is 1. The second-order valence-corrected chi connectivity index (χ2v) is 6.33. The fourth-order valence-corrected chi connectivity index (χ4v) is 3.61. The van der Waals surface area contributed by atoms with Gasteiger partial charge >= 0.3 is 0 Å². The molecule has 2 aromatic carbocycles. The Hall–Kier alpha value is -2.33. The van der Waals surface area contributed by atoms with Crippen LogP contribution in [0, 0.1) is 0 Å². The summed E-state index contributed by atoms with van der Waals surface area (Å²) in [4.78, 5) is 8.32. The number of likely N-dealkylation sites (tertiary alicyclic amines) is 1. The number of nitrogens with zero attached hydrogens (tertiary/aromatic N) is 2. The van der Waals surface area contributed by atoms with Crippen molar-refractivity contribution in [2.45, 2.75) is 25.0 Å². The molecule has 24 heavy (non-hydrogen) atoms. The molecule has 4 heteroatoms. The van der Waals surface area contributed by atoms with Gasteiger partial charge in [0, 0.05) is 18.7 Å². The van der Waals surface area contributed by atoms with Gasteiger partial charge in [0.15, 0.2) is 6.23 Å². The molecule has 2 heterocycles. The van der Waals surface area contributed by atoms with E-state index >= 15 is 0 Å². The lowest BCUT2D eigenvalue weighted by atomic mass is 9.88. The Kier molecular flexibility index (Phi) is 4.22. The molecule has 1 saturated heterocycles. The predicted octanol–water partition coefficient (Wildman–Crippen LogP) is 3.64. The number of benzene rings is 2. The molecule has 0 aliphatic carbocycles. The summed E-state index contributed by atoms with van der Waals surface area (Å²) in [6.45, 7) is 2.17. The quantitative estimate of drug-likeness (QED) is 0.862. The van der Waals surface area contributed by atoms with E-state index in [0.717, 1.165) is 30.1 Å². The van der Waals surface area contributed by atoms with E-state index in [2.05, 4.69) is 46.5 Å². The zero-order valence-corrected chi connectivity index (χ0v) is 13.9. The van der Waals surface area contributed by atoms with Crippen molar-refractivity contribution in [2.75, 3.05) is 20.2 Å². The molecule has 4 nitrogen and oxygen atoms in total. The van der Waals surface area contributed by atoms with Crippen molar-refractivity contribution in [2.24, 2.45) is 5.16 Å². The Morgan fingerprint density at radius 1 is 1.00 bits per heavy atom. The van der Waals surface area contributed by atoms with Crippen LogP contribution in [0.5, 0.6) is 5.75 Å². The number of hydrogen-bond acceptors (Lipinski definition) is 4. The molecule has 2 aliphatic rings. The minimum atomic E-state index is -0.00741. The molecule has 0 saturated carbocycles. The first-order chi connectivity index (χ1) is 11.9. The zero-order valence-electron chi connectivity index (χ0n) is 13.9. The topological polar surface area (TPSA) is 34.1 Å². The lowest BCUT2D eigenvalue weighted by molar-refractivity contribution is -0.0340. The van der Waals surface area contributed by atoms with Gasteiger partial charge in [0.2, 0.25) is 0 Å². The Morgan fingerprint density at radius 3 is 2.38 bits per heavy atom. The van der Waals surface area contributed by atoms with Crippen LogP contribution in [0.25, 0.3) is 0 Å². The van der Waals surface area contributed by atoms with Gasteiger partial charge in [0.1, 0.15) is 5.75 Å². The summed E-state index contributed by atoms with van der Waals surface area (Å²) in [6.07, 6.45) is 2.46. The molecule has 0 spiro atoms. The van der Waals surface area contributed by atoms with E-state index < -0.39 is 0 Å². The Labute approximate surface area is 142 Å². The van der Waals surface area contributed by atoms with Crippen LogP contribution >= 0.6 is 0 Å². The Balaban J connectivity index is 1.69. The van der Waals surface area contributed by atoms with Crippen LogP contribution < -0.4 is 4.74 Å². The number of hydrogen-bond donors (Lipinski definition) is 0. The van der Waals surface area contributed by atoms with Gasteiger partial charge in [-0.15, -0.1) is 0 Å². The first-order valence-electron chi connectivity index (χ1n) is 8.54. The standard InChI is InChI=1S/C20H22N2O2/c1-23-17-11-9-16(10-12-17)19-18(15-7-3-2-4-8-15)20(24-21-19)22-13-5-6-14-22/h2-4,7-12,18,20H,5-6,13-14H2,1H3. The molecule has 4 rings (SSSR count). The van der Waals surface area contributed by atoms with Crippen LogP contribution in [-0.2, 0) is 4.84 Å². The average Bonchev–Trinajstić information content (AvgIpc) is 3.32. The lowest BCUT2D eigenvalue weighted by Crippen LogP contribution is -2.38. The smallest absolute Gasteiger partial charge is 0.193 e.